The molecule has 2 heterocycles. The molecule has 0 unspecified atom stereocenters. The molecule has 5 atom stereocenters. The van der Waals surface area contributed by atoms with Gasteiger partial charge >= 0.3 is 29.6 Å². The van der Waals surface area contributed by atoms with Crippen molar-refractivity contribution in [2.45, 2.75) is 37.3 Å². The van der Waals surface area contributed by atoms with Gasteiger partial charge in [-0.1, -0.05) is 23.4 Å². The van der Waals surface area contributed by atoms with Crippen molar-refractivity contribution in [2.24, 2.45) is 0 Å². The number of ether oxygens (including phenoxy) is 1. The minimum atomic E-state index is -1.82. The zero-order valence-corrected chi connectivity index (χ0v) is 28.2. The van der Waals surface area contributed by atoms with Crippen molar-refractivity contribution in [3.8, 4) is 11.3 Å². The summed E-state index contributed by atoms with van der Waals surface area (Å²) in [5, 5.41) is 57.9. The molecular formula is C30H34N7NaO9. The van der Waals surface area contributed by atoms with Crippen LogP contribution in [0.1, 0.15) is 23.3 Å². The Bertz CT molecular complexity index is 1610. The number of amides is 3. The van der Waals surface area contributed by atoms with Crippen LogP contribution in [0.4, 0.5) is 11.4 Å². The first-order chi connectivity index (χ1) is 21.9. The molecule has 0 bridgehead atoms. The van der Waals surface area contributed by atoms with Crippen molar-refractivity contribution in [3.05, 3.63) is 72.1 Å². The molecule has 0 aliphatic carbocycles. The third kappa shape index (κ3) is 9.15. The molecule has 2 aromatic carbocycles. The minimum Gasteiger partial charge on any atom is -0.542 e. The van der Waals surface area contributed by atoms with Crippen LogP contribution >= 0.6 is 0 Å². The Kier molecular flexibility index (Phi) is 13.0. The van der Waals surface area contributed by atoms with Crippen molar-refractivity contribution < 1.29 is 73.9 Å². The van der Waals surface area contributed by atoms with Gasteiger partial charge in [0, 0.05) is 37.8 Å². The second kappa shape index (κ2) is 16.5. The van der Waals surface area contributed by atoms with Crippen LogP contribution in [-0.2, 0) is 19.1 Å². The Hall–Kier alpha value is -4.32. The summed E-state index contributed by atoms with van der Waals surface area (Å²) < 4.78 is 6.57. The fraction of sp³-hybridized carbons (Fsp3) is 0.333. The van der Waals surface area contributed by atoms with Gasteiger partial charge in [-0.25, -0.2) is 4.68 Å². The minimum absolute atomic E-state index is 0. The second-order valence-electron chi connectivity index (χ2n) is 10.7. The molecule has 17 heteroatoms. The number of carboxylic acids is 1. The first-order valence-electron chi connectivity index (χ1n) is 14.1. The average molecular weight is 660 g/mol. The second-order valence-corrected chi connectivity index (χ2v) is 10.7. The number of carbonyl (C=O) groups excluding carboxylic acids is 4. The summed E-state index contributed by atoms with van der Waals surface area (Å²) in [5.41, 5.74) is 2.30. The Morgan fingerprint density at radius 3 is 2.38 bits per heavy atom. The molecule has 6 N–H and O–H groups in total. The summed E-state index contributed by atoms with van der Waals surface area (Å²) >= 11 is 0. The van der Waals surface area contributed by atoms with Crippen molar-refractivity contribution in [1.29, 1.82) is 0 Å². The van der Waals surface area contributed by atoms with Crippen LogP contribution in [0.3, 0.4) is 0 Å². The largest absolute Gasteiger partial charge is 1.00 e. The van der Waals surface area contributed by atoms with E-state index in [4.69, 9.17) is 4.74 Å². The van der Waals surface area contributed by atoms with Crippen molar-refractivity contribution in [3.63, 3.8) is 0 Å². The standard InChI is InChI=1S/C30H35N7O9.Na/c1-16(39)32-26-22(12-24(30(44)45)46-28(26)27(42)23(40)15-38)37-14-21(34-35-37)19-6-4-5-7-20(19)33-25(41)13-31-29(43)17-8-10-18(11-9-17)36(2)3;/h4-12,14,22-23,26-28,38,40,42H,13,15H2,1-3H3,(H,31,43)(H,32,39)(H,33,41)(H,44,45);/q;+1/p-1/t22-,23+,26+,27+,28+;/m0./s1. The molecule has 4 rings (SSSR count). The van der Waals surface area contributed by atoms with Crippen LogP contribution in [-0.4, -0.2) is 106 Å². The Morgan fingerprint density at radius 1 is 1.09 bits per heavy atom. The van der Waals surface area contributed by atoms with Crippen molar-refractivity contribution in [1.82, 2.24) is 25.6 Å². The smallest absolute Gasteiger partial charge is 0.542 e. The fourth-order valence-corrected chi connectivity index (χ4v) is 4.81. The van der Waals surface area contributed by atoms with Gasteiger partial charge in [-0.3, -0.25) is 14.4 Å². The number of carboxylic acid groups (broad SMARTS) is 1. The van der Waals surface area contributed by atoms with E-state index in [-0.39, 0.29) is 41.8 Å². The van der Waals surface area contributed by atoms with E-state index in [0.717, 1.165) is 11.8 Å². The van der Waals surface area contributed by atoms with E-state index < -0.39 is 66.5 Å². The van der Waals surface area contributed by atoms with E-state index in [9.17, 15) is 39.6 Å². The molecule has 3 aromatic rings. The first kappa shape index (κ1) is 37.1. The third-order valence-electron chi connectivity index (χ3n) is 7.14. The number of nitrogens with one attached hydrogen (secondary N) is 3. The van der Waals surface area contributed by atoms with Gasteiger partial charge in [0.25, 0.3) is 5.91 Å². The molecule has 1 aliphatic rings. The SMILES string of the molecule is CC(=O)N[C@H]1[C@H]([C@H](O)[C@H](O)CO)OC(C(=O)[O-])=C[C@@H]1n1cc(-c2ccccc2NC(=O)CNC(=O)c2ccc(N(C)C)cc2)nn1.[Na+]. The van der Waals surface area contributed by atoms with Crippen LogP contribution in [0.25, 0.3) is 11.3 Å². The third-order valence-corrected chi connectivity index (χ3v) is 7.14. The summed E-state index contributed by atoms with van der Waals surface area (Å²) in [6.07, 6.45) is -2.55. The van der Waals surface area contributed by atoms with E-state index in [2.05, 4.69) is 26.3 Å². The van der Waals surface area contributed by atoms with E-state index in [0.29, 0.717) is 16.8 Å². The summed E-state index contributed by atoms with van der Waals surface area (Å²) in [7, 11) is 3.76. The molecule has 1 aliphatic heterocycles. The monoisotopic (exact) mass is 659 g/mol. The number of anilines is 2. The molecule has 0 fully saturated rings. The van der Waals surface area contributed by atoms with Crippen LogP contribution < -0.4 is 55.5 Å². The maximum Gasteiger partial charge on any atom is 1.00 e. The predicted molar refractivity (Wildman–Crippen MR) is 161 cm³/mol. The summed E-state index contributed by atoms with van der Waals surface area (Å²) in [5.74, 6) is -3.94. The Morgan fingerprint density at radius 2 is 1.77 bits per heavy atom. The number of rotatable bonds is 12. The van der Waals surface area contributed by atoms with E-state index in [1.165, 1.54) is 17.8 Å². The summed E-state index contributed by atoms with van der Waals surface area (Å²) in [6.45, 7) is -0.00179. The maximum atomic E-state index is 12.8. The topological polar surface area (TPSA) is 231 Å². The number of aromatic nitrogens is 3. The van der Waals surface area contributed by atoms with E-state index >= 15 is 0 Å². The zero-order valence-electron chi connectivity index (χ0n) is 26.2. The van der Waals surface area contributed by atoms with Gasteiger partial charge in [0.1, 0.15) is 35.7 Å². The molecule has 3 amide bonds. The fourth-order valence-electron chi connectivity index (χ4n) is 4.81. The van der Waals surface area contributed by atoms with Crippen molar-refractivity contribution >= 4 is 35.1 Å². The van der Waals surface area contributed by atoms with Crippen LogP contribution in [0.2, 0.25) is 0 Å². The van der Waals surface area contributed by atoms with E-state index in [1.54, 1.807) is 48.5 Å². The predicted octanol–water partition coefficient (Wildman–Crippen LogP) is -4.82. The molecule has 244 valence electrons. The molecule has 16 nitrogen and oxygen atoms in total. The number of hydrogen-bond donors (Lipinski definition) is 6. The number of aliphatic hydroxyl groups is 3. The van der Waals surface area contributed by atoms with Gasteiger partial charge in [0.05, 0.1) is 37.1 Å². The van der Waals surface area contributed by atoms with Gasteiger partial charge in [0.2, 0.25) is 11.8 Å². The summed E-state index contributed by atoms with van der Waals surface area (Å²) in [6, 6.07) is 11.2. The molecule has 0 radical (unpaired) electrons. The molecule has 1 aromatic heterocycles. The number of hydrogen-bond acceptors (Lipinski definition) is 12. The number of benzene rings is 2. The average Bonchev–Trinajstić information content (AvgIpc) is 3.53. The van der Waals surface area contributed by atoms with Crippen molar-refractivity contribution in [2.75, 3.05) is 37.5 Å². The number of aliphatic hydroxyl groups excluding tert-OH is 3. The first-order valence-corrected chi connectivity index (χ1v) is 14.1. The zero-order chi connectivity index (χ0) is 33.5. The normalized spacial score (nSPS) is 18.3. The number of carbonyl (C=O) groups is 4. The number of para-hydroxylation sites is 1. The van der Waals surface area contributed by atoms with E-state index in [1.807, 2.05) is 19.0 Å². The van der Waals surface area contributed by atoms with Crippen LogP contribution in [0, 0.1) is 0 Å². The van der Waals surface area contributed by atoms with Crippen LogP contribution in [0.15, 0.2) is 66.6 Å². The molecule has 0 saturated carbocycles. The molecular weight excluding hydrogens is 625 g/mol. The van der Waals surface area contributed by atoms with Crippen LogP contribution in [0.5, 0.6) is 0 Å². The summed E-state index contributed by atoms with van der Waals surface area (Å²) in [4.78, 5) is 51.1. The maximum absolute atomic E-state index is 12.8. The van der Waals surface area contributed by atoms with Gasteiger partial charge in [-0.15, -0.1) is 5.10 Å². The molecule has 47 heavy (non-hydrogen) atoms. The van der Waals surface area contributed by atoms with Gasteiger partial charge in [-0.2, -0.15) is 0 Å². The van der Waals surface area contributed by atoms with Gasteiger partial charge < -0.3 is 50.8 Å². The molecule has 0 saturated heterocycles. The van der Waals surface area contributed by atoms with Gasteiger partial charge in [-0.05, 0) is 36.4 Å². The van der Waals surface area contributed by atoms with Gasteiger partial charge in [0.15, 0.2) is 0 Å². The number of nitrogens with zero attached hydrogens (tertiary/aromatic N) is 4. The Labute approximate surface area is 291 Å². The number of aliphatic carboxylic acids is 1. The Balaban J connectivity index is 0.00000600. The quantitative estimate of drug-likeness (QED) is 0.101. The molecule has 0 spiro atoms.